The van der Waals surface area contributed by atoms with Crippen molar-refractivity contribution in [2.75, 3.05) is 6.61 Å². The molecule has 0 aromatic heterocycles. The number of aliphatic hydroxyl groups is 1. The van der Waals surface area contributed by atoms with Gasteiger partial charge in [-0.25, -0.2) is 4.39 Å². The van der Waals surface area contributed by atoms with Crippen LogP contribution in [0.1, 0.15) is 40.2 Å². The Morgan fingerprint density at radius 2 is 1.96 bits per heavy atom. The lowest BCUT2D eigenvalue weighted by Crippen LogP contribution is -2.65. The summed E-state index contributed by atoms with van der Waals surface area (Å²) in [7, 11) is 0. The topological polar surface area (TPSA) is 64.3 Å². The van der Waals surface area contributed by atoms with E-state index < -0.39 is 23.8 Å². The number of nitriles is 1. The maximum absolute atomic E-state index is 13.5. The highest BCUT2D eigenvalue weighted by atomic mass is 19.1. The largest absolute Gasteiger partial charge is 0.394 e. The highest BCUT2D eigenvalue weighted by molar-refractivity contribution is 5.95. The Bertz CT molecular complexity index is 996. The third-order valence-electron chi connectivity index (χ3n) is 5.33. The Balaban J connectivity index is 1.56. The van der Waals surface area contributed by atoms with Gasteiger partial charge in [0.05, 0.1) is 18.7 Å². The SMILES string of the molecule is N#C[C@H]1[C@@H](c2ccc(C#CC3CC3)cc2)[C@H](CO)N1C(=O)c1cccc(F)c1. The standard InChI is InChI=1S/C23H19FN2O2/c24-19-3-1-2-18(12-19)23(28)26-20(13-25)22(21(26)14-27)17-10-8-16(9-11-17)7-6-15-4-5-15/h1-3,8-12,15,20-22,27H,4-5,14H2/t20-,21-,22+/m0/s1. The third kappa shape index (κ3) is 3.38. The quantitative estimate of drug-likeness (QED) is 0.840. The maximum atomic E-state index is 13.5. The van der Waals surface area contributed by atoms with Gasteiger partial charge in [0.15, 0.2) is 0 Å². The van der Waals surface area contributed by atoms with Crippen LogP contribution in [0.5, 0.6) is 0 Å². The molecule has 4 rings (SSSR count). The number of halogens is 1. The minimum Gasteiger partial charge on any atom is -0.394 e. The first kappa shape index (κ1) is 18.2. The smallest absolute Gasteiger partial charge is 0.255 e. The fourth-order valence-corrected chi connectivity index (χ4v) is 3.66. The molecule has 1 aliphatic carbocycles. The van der Waals surface area contributed by atoms with Gasteiger partial charge in [0, 0.05) is 23.0 Å². The molecule has 1 amide bonds. The molecule has 1 heterocycles. The number of carbonyl (C=O) groups is 1. The van der Waals surface area contributed by atoms with Crippen molar-refractivity contribution >= 4 is 5.91 Å². The second kappa shape index (κ2) is 7.46. The summed E-state index contributed by atoms with van der Waals surface area (Å²) in [5, 5.41) is 19.5. The van der Waals surface area contributed by atoms with Crippen LogP contribution in [0.25, 0.3) is 0 Å². The summed E-state index contributed by atoms with van der Waals surface area (Å²) in [5.74, 6) is 5.62. The van der Waals surface area contributed by atoms with Crippen LogP contribution in [0, 0.1) is 34.9 Å². The van der Waals surface area contributed by atoms with Crippen LogP contribution in [0.2, 0.25) is 0 Å². The molecule has 0 unspecified atom stereocenters. The van der Waals surface area contributed by atoms with Gasteiger partial charge >= 0.3 is 0 Å². The molecule has 28 heavy (non-hydrogen) atoms. The highest BCUT2D eigenvalue weighted by Crippen LogP contribution is 2.41. The van der Waals surface area contributed by atoms with Gasteiger partial charge in [-0.3, -0.25) is 4.79 Å². The van der Waals surface area contributed by atoms with Crippen molar-refractivity contribution in [2.45, 2.75) is 30.8 Å². The Morgan fingerprint density at radius 1 is 1.21 bits per heavy atom. The lowest BCUT2D eigenvalue weighted by atomic mass is 9.75. The zero-order valence-corrected chi connectivity index (χ0v) is 15.2. The van der Waals surface area contributed by atoms with Crippen molar-refractivity contribution in [3.63, 3.8) is 0 Å². The first-order valence-corrected chi connectivity index (χ1v) is 9.32. The Kier molecular flexibility index (Phi) is 4.86. The van der Waals surface area contributed by atoms with Crippen LogP contribution in [0.3, 0.4) is 0 Å². The van der Waals surface area contributed by atoms with Gasteiger partial charge in [-0.1, -0.05) is 30.0 Å². The van der Waals surface area contributed by atoms with Crippen LogP contribution >= 0.6 is 0 Å². The van der Waals surface area contributed by atoms with Gasteiger partial charge in [0.1, 0.15) is 11.9 Å². The monoisotopic (exact) mass is 374 g/mol. The molecule has 140 valence electrons. The van der Waals surface area contributed by atoms with Crippen molar-refractivity contribution < 1.29 is 14.3 Å². The summed E-state index contributed by atoms with van der Waals surface area (Å²) in [6.45, 7) is -0.271. The molecule has 3 atom stereocenters. The van der Waals surface area contributed by atoms with Crippen LogP contribution in [0.15, 0.2) is 48.5 Å². The summed E-state index contributed by atoms with van der Waals surface area (Å²) in [6, 6.07) is 13.9. The van der Waals surface area contributed by atoms with E-state index in [0.29, 0.717) is 5.92 Å². The van der Waals surface area contributed by atoms with Gasteiger partial charge in [0.2, 0.25) is 0 Å². The van der Waals surface area contributed by atoms with Crippen molar-refractivity contribution in [2.24, 2.45) is 5.92 Å². The van der Waals surface area contributed by atoms with Gasteiger partial charge in [-0.15, -0.1) is 0 Å². The molecular weight excluding hydrogens is 355 g/mol. The third-order valence-corrected chi connectivity index (χ3v) is 5.33. The van der Waals surface area contributed by atoms with Crippen molar-refractivity contribution in [3.05, 3.63) is 71.0 Å². The number of benzene rings is 2. The summed E-state index contributed by atoms with van der Waals surface area (Å²) in [5.41, 5.74) is 1.96. The van der Waals surface area contributed by atoms with E-state index in [-0.39, 0.29) is 18.1 Å². The lowest BCUT2D eigenvalue weighted by molar-refractivity contribution is -0.00588. The van der Waals surface area contributed by atoms with E-state index in [1.807, 2.05) is 24.3 Å². The average molecular weight is 374 g/mol. The van der Waals surface area contributed by atoms with Gasteiger partial charge in [-0.2, -0.15) is 5.26 Å². The summed E-state index contributed by atoms with van der Waals surface area (Å²) in [6.07, 6.45) is 2.34. The molecule has 2 aliphatic rings. The van der Waals surface area contributed by atoms with Crippen molar-refractivity contribution in [1.82, 2.24) is 4.90 Å². The highest BCUT2D eigenvalue weighted by Gasteiger charge is 2.51. The second-order valence-electron chi connectivity index (χ2n) is 7.24. The van der Waals surface area contributed by atoms with E-state index >= 15 is 0 Å². The predicted octanol–water partition coefficient (Wildman–Crippen LogP) is 3.08. The van der Waals surface area contributed by atoms with Gasteiger partial charge < -0.3 is 10.0 Å². The molecule has 1 saturated carbocycles. The molecule has 0 radical (unpaired) electrons. The normalized spacial score (nSPS) is 23.2. The van der Waals surface area contributed by atoms with E-state index in [1.54, 1.807) is 0 Å². The van der Waals surface area contributed by atoms with E-state index in [9.17, 15) is 19.6 Å². The first-order valence-electron chi connectivity index (χ1n) is 9.32. The number of hydrogen-bond donors (Lipinski definition) is 1. The fraction of sp³-hybridized carbons (Fsp3) is 0.304. The summed E-state index contributed by atoms with van der Waals surface area (Å²) >= 11 is 0. The number of amides is 1. The van der Waals surface area contributed by atoms with E-state index in [2.05, 4.69) is 17.9 Å². The zero-order valence-electron chi connectivity index (χ0n) is 15.2. The van der Waals surface area contributed by atoms with Crippen LogP contribution in [-0.2, 0) is 0 Å². The Labute approximate surface area is 163 Å². The predicted molar refractivity (Wildman–Crippen MR) is 102 cm³/mol. The van der Waals surface area contributed by atoms with Gasteiger partial charge in [0.25, 0.3) is 5.91 Å². The lowest BCUT2D eigenvalue weighted by Gasteiger charge is -2.51. The Hall–Kier alpha value is -3.15. The number of carbonyl (C=O) groups excluding carboxylic acids is 1. The zero-order chi connectivity index (χ0) is 19.7. The molecule has 2 fully saturated rings. The number of aliphatic hydroxyl groups excluding tert-OH is 1. The fourth-order valence-electron chi connectivity index (χ4n) is 3.66. The molecular formula is C23H19FN2O2. The molecule has 0 spiro atoms. The molecule has 1 aliphatic heterocycles. The number of likely N-dealkylation sites (tertiary alicyclic amines) is 1. The van der Waals surface area contributed by atoms with Crippen LogP contribution < -0.4 is 0 Å². The second-order valence-corrected chi connectivity index (χ2v) is 7.24. The van der Waals surface area contributed by atoms with E-state index in [1.165, 1.54) is 35.9 Å². The first-order chi connectivity index (χ1) is 13.6. The van der Waals surface area contributed by atoms with Crippen molar-refractivity contribution in [1.29, 1.82) is 5.26 Å². The van der Waals surface area contributed by atoms with E-state index in [0.717, 1.165) is 17.2 Å². The summed E-state index contributed by atoms with van der Waals surface area (Å²) < 4.78 is 13.5. The molecule has 5 heteroatoms. The maximum Gasteiger partial charge on any atom is 0.255 e. The van der Waals surface area contributed by atoms with Gasteiger partial charge in [-0.05, 0) is 48.7 Å². The van der Waals surface area contributed by atoms with Crippen LogP contribution in [0.4, 0.5) is 4.39 Å². The molecule has 0 bridgehead atoms. The summed E-state index contributed by atoms with van der Waals surface area (Å²) in [4.78, 5) is 14.1. The number of nitrogens with zero attached hydrogens (tertiary/aromatic N) is 2. The number of hydrogen-bond acceptors (Lipinski definition) is 3. The molecule has 4 nitrogen and oxygen atoms in total. The minimum atomic E-state index is -0.712. The average Bonchev–Trinajstić information content (AvgIpc) is 3.52. The number of rotatable bonds is 3. The van der Waals surface area contributed by atoms with Crippen molar-refractivity contribution in [3.8, 4) is 17.9 Å². The Morgan fingerprint density at radius 3 is 2.57 bits per heavy atom. The molecule has 2 aromatic carbocycles. The minimum absolute atomic E-state index is 0.169. The van der Waals surface area contributed by atoms with Crippen LogP contribution in [-0.4, -0.2) is 34.6 Å². The molecule has 1 N–H and O–H groups in total. The molecule has 2 aromatic rings. The van der Waals surface area contributed by atoms with E-state index in [4.69, 9.17) is 0 Å². The molecule has 1 saturated heterocycles.